The number of nitrogens with zero attached hydrogens (tertiary/aromatic N) is 5. The Hall–Kier alpha value is -2.48. The summed E-state index contributed by atoms with van der Waals surface area (Å²) in [6.45, 7) is 9.92. The van der Waals surface area contributed by atoms with Crippen LogP contribution >= 0.6 is 23.1 Å². The van der Waals surface area contributed by atoms with Crippen molar-refractivity contribution in [2.45, 2.75) is 49.7 Å². The SMILES string of the molecule is C=CCn1c(SCc2cccc(C)c2)nnc1C1CCN(Cc2nc3ccccc3s2)CC1. The van der Waals surface area contributed by atoms with Gasteiger partial charge in [-0.05, 0) is 50.6 Å². The van der Waals surface area contributed by atoms with Gasteiger partial charge in [0.2, 0.25) is 0 Å². The first-order chi connectivity index (χ1) is 16.2. The smallest absolute Gasteiger partial charge is 0.191 e. The zero-order chi connectivity index (χ0) is 22.6. The van der Waals surface area contributed by atoms with E-state index in [9.17, 15) is 0 Å². The summed E-state index contributed by atoms with van der Waals surface area (Å²) < 4.78 is 3.54. The van der Waals surface area contributed by atoms with Gasteiger partial charge in [0, 0.05) is 18.2 Å². The number of aromatic nitrogens is 4. The van der Waals surface area contributed by atoms with Crippen molar-refractivity contribution in [3.05, 3.63) is 83.1 Å². The molecule has 0 bridgehead atoms. The third kappa shape index (κ3) is 5.21. The molecule has 1 saturated heterocycles. The topological polar surface area (TPSA) is 46.8 Å². The van der Waals surface area contributed by atoms with Crippen LogP contribution in [0.3, 0.4) is 0 Å². The minimum Gasteiger partial charge on any atom is -0.302 e. The predicted molar refractivity (Wildman–Crippen MR) is 138 cm³/mol. The highest BCUT2D eigenvalue weighted by Gasteiger charge is 2.26. The first-order valence-corrected chi connectivity index (χ1v) is 13.3. The molecule has 0 spiro atoms. The number of hydrogen-bond donors (Lipinski definition) is 0. The number of aryl methyl sites for hydroxylation is 1. The molecule has 1 fully saturated rings. The van der Waals surface area contributed by atoms with Crippen LogP contribution in [0.25, 0.3) is 10.2 Å². The monoisotopic (exact) mass is 475 g/mol. The van der Waals surface area contributed by atoms with Gasteiger partial charge in [-0.2, -0.15) is 0 Å². The Labute approximate surface area is 203 Å². The summed E-state index contributed by atoms with van der Waals surface area (Å²) in [6.07, 6.45) is 4.15. The quantitative estimate of drug-likeness (QED) is 0.229. The van der Waals surface area contributed by atoms with Crippen molar-refractivity contribution in [2.24, 2.45) is 0 Å². The fourth-order valence-corrected chi connectivity index (χ4v) is 6.40. The van der Waals surface area contributed by atoms with Crippen LogP contribution in [0.4, 0.5) is 0 Å². The van der Waals surface area contributed by atoms with Crippen LogP contribution in [-0.4, -0.2) is 37.7 Å². The number of para-hydroxylation sites is 1. The van der Waals surface area contributed by atoms with Crippen LogP contribution in [0.1, 0.15) is 40.7 Å². The summed E-state index contributed by atoms with van der Waals surface area (Å²) in [5, 5.41) is 11.4. The van der Waals surface area contributed by atoms with Crippen LogP contribution in [0.15, 0.2) is 66.3 Å². The maximum Gasteiger partial charge on any atom is 0.191 e. The molecule has 7 heteroatoms. The van der Waals surface area contributed by atoms with Gasteiger partial charge in [0.1, 0.15) is 10.8 Å². The number of fused-ring (bicyclic) bond motifs is 1. The Bertz CT molecular complexity index is 1200. The maximum absolute atomic E-state index is 4.81. The molecule has 5 rings (SSSR count). The van der Waals surface area contributed by atoms with Crippen molar-refractivity contribution < 1.29 is 0 Å². The van der Waals surface area contributed by atoms with E-state index in [0.717, 1.165) is 61.3 Å². The van der Waals surface area contributed by atoms with Crippen molar-refractivity contribution in [1.82, 2.24) is 24.6 Å². The molecule has 170 valence electrons. The van der Waals surface area contributed by atoms with Gasteiger partial charge < -0.3 is 4.57 Å². The van der Waals surface area contributed by atoms with Gasteiger partial charge in [0.05, 0.1) is 16.8 Å². The van der Waals surface area contributed by atoms with Crippen LogP contribution < -0.4 is 0 Å². The van der Waals surface area contributed by atoms with Gasteiger partial charge >= 0.3 is 0 Å². The summed E-state index contributed by atoms with van der Waals surface area (Å²) in [4.78, 5) is 7.34. The van der Waals surface area contributed by atoms with Crippen molar-refractivity contribution in [2.75, 3.05) is 13.1 Å². The minimum atomic E-state index is 0.442. The number of allylic oxidation sites excluding steroid dienone is 1. The second-order valence-electron chi connectivity index (χ2n) is 8.64. The molecule has 0 saturated carbocycles. The van der Waals surface area contributed by atoms with Gasteiger partial charge in [0.15, 0.2) is 5.16 Å². The highest BCUT2D eigenvalue weighted by molar-refractivity contribution is 7.98. The van der Waals surface area contributed by atoms with E-state index in [-0.39, 0.29) is 0 Å². The molecule has 2 aromatic heterocycles. The maximum atomic E-state index is 4.81. The molecular weight excluding hydrogens is 446 g/mol. The summed E-state index contributed by atoms with van der Waals surface area (Å²) >= 11 is 3.57. The largest absolute Gasteiger partial charge is 0.302 e. The highest BCUT2D eigenvalue weighted by Crippen LogP contribution is 2.32. The van der Waals surface area contributed by atoms with E-state index in [0.29, 0.717) is 5.92 Å². The zero-order valence-electron chi connectivity index (χ0n) is 19.0. The third-order valence-corrected chi connectivity index (χ3v) is 8.22. The number of hydrogen-bond acceptors (Lipinski definition) is 6. The molecule has 0 atom stereocenters. The van der Waals surface area contributed by atoms with Gasteiger partial charge in [-0.25, -0.2) is 4.98 Å². The summed E-state index contributed by atoms with van der Waals surface area (Å²) in [7, 11) is 0. The fraction of sp³-hybridized carbons (Fsp3) is 0.346. The van der Waals surface area contributed by atoms with Gasteiger partial charge in [-0.15, -0.1) is 28.1 Å². The number of piperidine rings is 1. The molecule has 0 N–H and O–H groups in total. The number of thiazole rings is 1. The lowest BCUT2D eigenvalue weighted by molar-refractivity contribution is 0.200. The average Bonchev–Trinajstić information content (AvgIpc) is 3.42. The van der Waals surface area contributed by atoms with Crippen molar-refractivity contribution in [3.63, 3.8) is 0 Å². The van der Waals surface area contributed by atoms with E-state index in [1.54, 1.807) is 11.8 Å². The number of likely N-dealkylation sites (tertiary alicyclic amines) is 1. The Balaban J connectivity index is 1.22. The Morgan fingerprint density at radius 3 is 2.76 bits per heavy atom. The van der Waals surface area contributed by atoms with Crippen LogP contribution in [0.2, 0.25) is 0 Å². The molecule has 0 radical (unpaired) electrons. The summed E-state index contributed by atoms with van der Waals surface area (Å²) in [6, 6.07) is 17.1. The van der Waals surface area contributed by atoms with E-state index < -0.39 is 0 Å². The van der Waals surface area contributed by atoms with Crippen LogP contribution in [-0.2, 0) is 18.8 Å². The molecule has 4 aromatic rings. The molecule has 33 heavy (non-hydrogen) atoms. The molecule has 1 aliphatic heterocycles. The summed E-state index contributed by atoms with van der Waals surface area (Å²) in [5.74, 6) is 2.45. The lowest BCUT2D eigenvalue weighted by atomic mass is 9.96. The average molecular weight is 476 g/mol. The number of benzene rings is 2. The molecule has 5 nitrogen and oxygen atoms in total. The van der Waals surface area contributed by atoms with Gasteiger partial charge in [-0.1, -0.05) is 59.8 Å². The number of rotatable bonds is 8. The predicted octanol–water partition coefficient (Wildman–Crippen LogP) is 6.05. The fourth-order valence-electron chi connectivity index (χ4n) is 4.49. The number of thioether (sulfide) groups is 1. The third-order valence-electron chi connectivity index (χ3n) is 6.16. The highest BCUT2D eigenvalue weighted by atomic mass is 32.2. The lowest BCUT2D eigenvalue weighted by Gasteiger charge is -2.31. The van der Waals surface area contributed by atoms with Crippen LogP contribution in [0.5, 0.6) is 0 Å². The first kappa shape index (κ1) is 22.3. The Kier molecular flexibility index (Phi) is 6.90. The van der Waals surface area contributed by atoms with Crippen molar-refractivity contribution in [1.29, 1.82) is 0 Å². The Morgan fingerprint density at radius 2 is 1.97 bits per heavy atom. The molecule has 0 unspecified atom stereocenters. The first-order valence-electron chi connectivity index (χ1n) is 11.5. The van der Waals surface area contributed by atoms with E-state index in [2.05, 4.69) is 81.7 Å². The van der Waals surface area contributed by atoms with E-state index in [1.165, 1.54) is 20.8 Å². The minimum absolute atomic E-state index is 0.442. The molecule has 0 aliphatic carbocycles. The normalized spacial score (nSPS) is 15.3. The molecule has 3 heterocycles. The molecular formula is C26H29N5S2. The zero-order valence-corrected chi connectivity index (χ0v) is 20.6. The standard InChI is InChI=1S/C26H29N5S2/c1-3-13-31-25(28-29-26(31)32-18-20-8-6-7-19(2)16-20)21-11-14-30(15-12-21)17-24-27-22-9-4-5-10-23(22)33-24/h3-10,16,21H,1,11-15,17-18H2,2H3. The second kappa shape index (κ2) is 10.2. The van der Waals surface area contributed by atoms with Crippen molar-refractivity contribution >= 4 is 33.3 Å². The summed E-state index contributed by atoms with van der Waals surface area (Å²) in [5.41, 5.74) is 3.72. The Morgan fingerprint density at radius 1 is 1.12 bits per heavy atom. The van der Waals surface area contributed by atoms with Gasteiger partial charge in [0.25, 0.3) is 0 Å². The van der Waals surface area contributed by atoms with Crippen molar-refractivity contribution in [3.8, 4) is 0 Å². The molecule has 0 amide bonds. The molecule has 2 aromatic carbocycles. The van der Waals surface area contributed by atoms with E-state index in [4.69, 9.17) is 4.98 Å². The van der Waals surface area contributed by atoms with Crippen LogP contribution in [0, 0.1) is 6.92 Å². The lowest BCUT2D eigenvalue weighted by Crippen LogP contribution is -2.33. The van der Waals surface area contributed by atoms with Gasteiger partial charge in [-0.3, -0.25) is 4.90 Å². The van der Waals surface area contributed by atoms with E-state index in [1.807, 2.05) is 17.4 Å². The second-order valence-corrected chi connectivity index (χ2v) is 10.7. The van der Waals surface area contributed by atoms with E-state index >= 15 is 0 Å². The molecule has 1 aliphatic rings.